The Bertz CT molecular complexity index is 1490. The van der Waals surface area contributed by atoms with E-state index in [1.807, 2.05) is 6.08 Å². The predicted octanol–water partition coefficient (Wildman–Crippen LogP) is 18.6. The van der Waals surface area contributed by atoms with Crippen molar-refractivity contribution in [3.8, 4) is 0 Å². The average Bonchev–Trinajstić information content (AvgIpc) is 3.69. The summed E-state index contributed by atoms with van der Waals surface area (Å²) < 4.78 is 16.7. The van der Waals surface area contributed by atoms with Crippen molar-refractivity contribution >= 4 is 11.9 Å². The lowest BCUT2D eigenvalue weighted by atomic mass is 9.99. The van der Waals surface area contributed by atoms with Crippen LogP contribution in [0, 0.1) is 0 Å². The van der Waals surface area contributed by atoms with Gasteiger partial charge >= 0.3 is 5.97 Å². The van der Waals surface area contributed by atoms with Gasteiger partial charge in [-0.3, -0.25) is 9.59 Å². The number of rotatable bonds is 64. The van der Waals surface area contributed by atoms with Crippen LogP contribution in [0.3, 0.4) is 0 Å². The first-order valence-corrected chi connectivity index (χ1v) is 36.3. The predicted molar refractivity (Wildman–Crippen MR) is 352 cm³/mol. The molecule has 0 radical (unpaired) electrons. The van der Waals surface area contributed by atoms with Crippen LogP contribution in [-0.4, -0.2) is 100 Å². The van der Waals surface area contributed by atoms with Gasteiger partial charge in [-0.25, -0.2) is 0 Å². The molecule has 0 aromatic carbocycles. The molecule has 11 heteroatoms. The summed E-state index contributed by atoms with van der Waals surface area (Å²) >= 11 is 0. The Hall–Kier alpha value is -2.12. The van der Waals surface area contributed by atoms with E-state index in [-0.39, 0.29) is 18.5 Å². The molecule has 1 heterocycles. The van der Waals surface area contributed by atoms with E-state index in [1.165, 1.54) is 276 Å². The first-order chi connectivity index (χ1) is 41.2. The second-order valence-corrected chi connectivity index (χ2v) is 25.3. The van der Waals surface area contributed by atoms with Gasteiger partial charge in [-0.05, 0) is 70.6 Å². The zero-order chi connectivity index (χ0) is 60.9. The summed E-state index contributed by atoms with van der Waals surface area (Å²) in [6.45, 7) is 4.35. The Balaban J connectivity index is 1.96. The second-order valence-electron chi connectivity index (χ2n) is 25.3. The molecule has 1 aliphatic heterocycles. The molecule has 1 amide bonds. The lowest BCUT2D eigenvalue weighted by Crippen LogP contribution is -2.60. The van der Waals surface area contributed by atoms with E-state index in [1.54, 1.807) is 6.08 Å². The molecule has 494 valence electrons. The number of allylic oxidation sites excluding steroid dienone is 5. The minimum Gasteiger partial charge on any atom is -0.466 e. The van der Waals surface area contributed by atoms with E-state index >= 15 is 0 Å². The Morgan fingerprint density at radius 3 is 1.18 bits per heavy atom. The lowest BCUT2D eigenvalue weighted by molar-refractivity contribution is -0.302. The van der Waals surface area contributed by atoms with E-state index in [4.69, 9.17) is 14.2 Å². The molecule has 84 heavy (non-hydrogen) atoms. The zero-order valence-corrected chi connectivity index (χ0v) is 54.9. The number of aliphatic hydroxyl groups is 5. The smallest absolute Gasteiger partial charge is 0.305 e. The number of esters is 1. The average molecular weight is 1190 g/mol. The van der Waals surface area contributed by atoms with Crippen molar-refractivity contribution in [1.82, 2.24) is 5.32 Å². The number of hydrogen-bond acceptors (Lipinski definition) is 10. The molecule has 1 fully saturated rings. The second kappa shape index (κ2) is 62.5. The largest absolute Gasteiger partial charge is 0.466 e. The van der Waals surface area contributed by atoms with E-state index in [0.717, 1.165) is 51.4 Å². The maximum atomic E-state index is 13.1. The number of unbranched alkanes of at least 4 members (excludes halogenated alkanes) is 46. The van der Waals surface area contributed by atoms with Gasteiger partial charge in [-0.2, -0.15) is 0 Å². The van der Waals surface area contributed by atoms with Gasteiger partial charge in [0.25, 0.3) is 0 Å². The third-order valence-corrected chi connectivity index (χ3v) is 17.2. The van der Waals surface area contributed by atoms with Gasteiger partial charge < -0.3 is 45.1 Å². The fourth-order valence-electron chi connectivity index (χ4n) is 11.5. The van der Waals surface area contributed by atoms with Crippen molar-refractivity contribution in [2.24, 2.45) is 0 Å². The van der Waals surface area contributed by atoms with Crippen molar-refractivity contribution in [1.29, 1.82) is 0 Å². The molecule has 6 N–H and O–H groups in total. The maximum Gasteiger partial charge on any atom is 0.305 e. The monoisotopic (exact) mass is 1190 g/mol. The van der Waals surface area contributed by atoms with Crippen LogP contribution >= 0.6 is 0 Å². The minimum atomic E-state index is -1.58. The summed E-state index contributed by atoms with van der Waals surface area (Å²) in [4.78, 5) is 25.1. The van der Waals surface area contributed by atoms with Crippen LogP contribution in [-0.2, 0) is 23.8 Å². The van der Waals surface area contributed by atoms with Crippen molar-refractivity contribution in [3.05, 3.63) is 36.5 Å². The zero-order valence-electron chi connectivity index (χ0n) is 54.9. The molecule has 0 spiro atoms. The van der Waals surface area contributed by atoms with E-state index in [0.29, 0.717) is 19.4 Å². The summed E-state index contributed by atoms with van der Waals surface area (Å²) in [6, 6.07) is -0.825. The van der Waals surface area contributed by atoms with Crippen LogP contribution in [0.2, 0.25) is 0 Å². The van der Waals surface area contributed by atoms with Crippen molar-refractivity contribution < 1.29 is 49.3 Å². The third-order valence-electron chi connectivity index (χ3n) is 17.2. The molecular weight excluding hydrogens is 1050 g/mol. The molecule has 0 saturated carbocycles. The molecule has 1 saturated heterocycles. The van der Waals surface area contributed by atoms with Crippen molar-refractivity contribution in [2.45, 2.75) is 397 Å². The first kappa shape index (κ1) is 79.9. The molecule has 1 rings (SSSR count). The topological polar surface area (TPSA) is 175 Å². The number of ether oxygens (including phenoxy) is 3. The molecule has 7 atom stereocenters. The van der Waals surface area contributed by atoms with Gasteiger partial charge in [0, 0.05) is 12.8 Å². The molecule has 11 nitrogen and oxygen atoms in total. The van der Waals surface area contributed by atoms with Gasteiger partial charge in [0.05, 0.1) is 32.0 Å². The summed E-state index contributed by atoms with van der Waals surface area (Å²) in [5.74, 6) is -0.177. The Morgan fingerprint density at radius 2 is 0.774 bits per heavy atom. The van der Waals surface area contributed by atoms with Crippen molar-refractivity contribution in [2.75, 3.05) is 19.8 Å². The Labute approximate surface area is 517 Å². The number of carbonyl (C=O) groups excluding carboxylic acids is 2. The Morgan fingerprint density at radius 1 is 0.429 bits per heavy atom. The third kappa shape index (κ3) is 50.8. The highest BCUT2D eigenvalue weighted by Gasteiger charge is 2.44. The number of carbonyl (C=O) groups is 2. The van der Waals surface area contributed by atoms with Crippen LogP contribution in [0.5, 0.6) is 0 Å². The summed E-state index contributed by atoms with van der Waals surface area (Å²) in [5.41, 5.74) is 0. The number of nitrogens with one attached hydrogen (secondary N) is 1. The highest BCUT2D eigenvalue weighted by atomic mass is 16.7. The Kier molecular flexibility index (Phi) is 59.4. The van der Waals surface area contributed by atoms with Gasteiger partial charge in [0.2, 0.25) is 5.91 Å². The first-order valence-electron chi connectivity index (χ1n) is 36.3. The minimum absolute atomic E-state index is 0.0104. The van der Waals surface area contributed by atoms with E-state index < -0.39 is 49.5 Å². The van der Waals surface area contributed by atoms with Gasteiger partial charge in [0.1, 0.15) is 24.4 Å². The molecule has 0 bridgehead atoms. The van der Waals surface area contributed by atoms with Crippen molar-refractivity contribution in [3.63, 3.8) is 0 Å². The molecule has 0 aromatic heterocycles. The van der Waals surface area contributed by atoms with Crippen LogP contribution < -0.4 is 5.32 Å². The fraction of sp³-hybridized carbons (Fsp3) is 0.890. The summed E-state index contributed by atoms with van der Waals surface area (Å²) in [5, 5.41) is 54.5. The van der Waals surface area contributed by atoms with Crippen LogP contribution in [0.1, 0.15) is 354 Å². The highest BCUT2D eigenvalue weighted by molar-refractivity contribution is 5.76. The van der Waals surface area contributed by atoms with Gasteiger partial charge in [-0.1, -0.05) is 307 Å². The SMILES string of the molecule is CCCCCCCCC/C=C/CC/C=C/C(O)C(COC1OC(CO)C(O)C(O)C1O)NC(=O)CCCCCCCCCCCCCCCCCC/C=C\CCCCCCCCCCCCCCOC(=O)CCCCCCCCCCCCC. The van der Waals surface area contributed by atoms with E-state index in [9.17, 15) is 35.1 Å². The molecule has 0 aromatic rings. The molecule has 1 aliphatic rings. The van der Waals surface area contributed by atoms with E-state index in [2.05, 4.69) is 43.5 Å². The number of aliphatic hydroxyl groups excluding tert-OH is 5. The highest BCUT2D eigenvalue weighted by Crippen LogP contribution is 2.23. The molecular formula is C73H137NO10. The lowest BCUT2D eigenvalue weighted by Gasteiger charge is -2.40. The maximum absolute atomic E-state index is 13.1. The quantitative estimate of drug-likeness (QED) is 0.0195. The molecule has 0 aliphatic carbocycles. The summed E-state index contributed by atoms with van der Waals surface area (Å²) in [6.07, 6.45) is 70.0. The van der Waals surface area contributed by atoms with Crippen LogP contribution in [0.4, 0.5) is 0 Å². The molecule has 7 unspecified atom stereocenters. The standard InChI is InChI=1S/C73H137NO10/c1-3-5-7-9-11-13-15-36-40-43-47-51-55-59-66(76)65(64-83-73-72(81)71(80)70(79)67(63-75)84-73)74-68(77)60-56-52-48-44-41-37-34-32-30-28-26-24-22-20-18-16-17-19-21-23-25-27-29-31-33-35-38-42-46-50-54-58-62-82-69(78)61-57-53-49-45-39-14-12-10-8-6-4-2/h19,21,40,43,55,59,65-67,70-73,75-76,79-81H,3-18,20,22-39,41-42,44-54,56-58,60-64H2,1-2H3,(H,74,77)/b21-19-,43-40+,59-55+. The van der Waals surface area contributed by atoms with Gasteiger partial charge in [-0.15, -0.1) is 0 Å². The number of hydrogen-bond donors (Lipinski definition) is 6. The van der Waals surface area contributed by atoms with Crippen LogP contribution in [0.15, 0.2) is 36.5 Å². The fourth-order valence-corrected chi connectivity index (χ4v) is 11.5. The van der Waals surface area contributed by atoms with Gasteiger partial charge in [0.15, 0.2) is 6.29 Å². The normalized spacial score (nSPS) is 18.2. The summed E-state index contributed by atoms with van der Waals surface area (Å²) in [7, 11) is 0. The van der Waals surface area contributed by atoms with Crippen LogP contribution in [0.25, 0.3) is 0 Å². The number of amides is 1.